The van der Waals surface area contributed by atoms with E-state index in [9.17, 15) is 9.59 Å². The van der Waals surface area contributed by atoms with Gasteiger partial charge in [-0.15, -0.1) is 12.6 Å². The van der Waals surface area contributed by atoms with E-state index >= 15 is 0 Å². The van der Waals surface area contributed by atoms with Crippen LogP contribution in [-0.4, -0.2) is 36.3 Å². The Labute approximate surface area is 112 Å². The zero-order valence-electron chi connectivity index (χ0n) is 10.2. The van der Waals surface area contributed by atoms with E-state index in [1.54, 1.807) is 25.2 Å². The molecule has 1 aliphatic carbocycles. The molecule has 2 amide bonds. The molecule has 1 aromatic rings. The van der Waals surface area contributed by atoms with E-state index in [4.69, 9.17) is 0 Å². The quantitative estimate of drug-likeness (QED) is 0.806. The van der Waals surface area contributed by atoms with Crippen LogP contribution in [0.5, 0.6) is 0 Å². The summed E-state index contributed by atoms with van der Waals surface area (Å²) >= 11 is 4.24. The van der Waals surface area contributed by atoms with Crippen LogP contribution in [0.15, 0.2) is 29.2 Å². The van der Waals surface area contributed by atoms with E-state index in [0.29, 0.717) is 16.5 Å². The molecule has 0 bridgehead atoms. The fourth-order valence-corrected chi connectivity index (χ4v) is 1.90. The number of benzene rings is 1. The first-order valence-corrected chi connectivity index (χ1v) is 6.35. The molecule has 0 radical (unpaired) electrons. The van der Waals surface area contributed by atoms with Crippen molar-refractivity contribution in [3.63, 3.8) is 0 Å². The summed E-state index contributed by atoms with van der Waals surface area (Å²) in [6.07, 6.45) is 2.09. The maximum atomic E-state index is 12.1. The molecular formula is C13H16N2O2S. The fraction of sp³-hybridized carbons (Fsp3) is 0.385. The lowest BCUT2D eigenvalue weighted by molar-refractivity contribution is -0.121. The van der Waals surface area contributed by atoms with Gasteiger partial charge in [-0.2, -0.15) is 0 Å². The van der Waals surface area contributed by atoms with Gasteiger partial charge in [-0.05, 0) is 25.0 Å². The van der Waals surface area contributed by atoms with E-state index in [1.807, 2.05) is 6.07 Å². The van der Waals surface area contributed by atoms with Crippen LogP contribution in [0.25, 0.3) is 0 Å². The molecule has 1 aliphatic rings. The molecule has 1 saturated carbocycles. The van der Waals surface area contributed by atoms with Crippen LogP contribution < -0.4 is 5.32 Å². The number of thiol groups is 1. The third kappa shape index (κ3) is 3.26. The number of nitrogens with zero attached hydrogens (tertiary/aromatic N) is 1. The van der Waals surface area contributed by atoms with Crippen molar-refractivity contribution in [2.24, 2.45) is 0 Å². The molecule has 1 N–H and O–H groups in total. The highest BCUT2D eigenvalue weighted by atomic mass is 32.1. The normalized spacial score (nSPS) is 14.1. The van der Waals surface area contributed by atoms with Gasteiger partial charge in [0, 0.05) is 18.0 Å². The molecular weight excluding hydrogens is 248 g/mol. The molecule has 0 aliphatic heterocycles. The number of nitrogens with one attached hydrogen (secondary N) is 1. The Kier molecular flexibility index (Phi) is 3.91. The van der Waals surface area contributed by atoms with Gasteiger partial charge in [0.2, 0.25) is 5.91 Å². The van der Waals surface area contributed by atoms with Gasteiger partial charge in [0.25, 0.3) is 5.91 Å². The van der Waals surface area contributed by atoms with Crippen LogP contribution in [0.2, 0.25) is 0 Å². The molecule has 2 rings (SSSR count). The Balaban J connectivity index is 1.95. The molecule has 0 atom stereocenters. The van der Waals surface area contributed by atoms with Crippen LogP contribution in [0.4, 0.5) is 0 Å². The van der Waals surface area contributed by atoms with Crippen molar-refractivity contribution in [1.29, 1.82) is 0 Å². The number of hydrogen-bond donors (Lipinski definition) is 2. The van der Waals surface area contributed by atoms with Crippen molar-refractivity contribution in [1.82, 2.24) is 10.2 Å². The number of hydrogen-bond acceptors (Lipinski definition) is 3. The zero-order valence-corrected chi connectivity index (χ0v) is 11.1. The highest BCUT2D eigenvalue weighted by Gasteiger charge is 2.24. The first-order chi connectivity index (χ1) is 8.58. The van der Waals surface area contributed by atoms with Gasteiger partial charge < -0.3 is 10.2 Å². The fourth-order valence-electron chi connectivity index (χ4n) is 1.65. The second-order valence-electron chi connectivity index (χ2n) is 4.52. The van der Waals surface area contributed by atoms with Crippen LogP contribution in [-0.2, 0) is 4.79 Å². The minimum atomic E-state index is -0.188. The summed E-state index contributed by atoms with van der Waals surface area (Å²) in [5.74, 6) is -0.295. The SMILES string of the molecule is CN(CC(=O)NC1CC1)C(=O)c1ccccc1S. The Hall–Kier alpha value is -1.49. The molecule has 0 unspecified atom stereocenters. The second kappa shape index (κ2) is 5.44. The lowest BCUT2D eigenvalue weighted by atomic mass is 10.2. The highest BCUT2D eigenvalue weighted by molar-refractivity contribution is 7.80. The van der Waals surface area contributed by atoms with Crippen molar-refractivity contribution in [2.75, 3.05) is 13.6 Å². The number of likely N-dealkylation sites (N-methyl/N-ethyl adjacent to an activating group) is 1. The molecule has 1 aromatic carbocycles. The first-order valence-electron chi connectivity index (χ1n) is 5.90. The highest BCUT2D eigenvalue weighted by Crippen LogP contribution is 2.18. The summed E-state index contributed by atoms with van der Waals surface area (Å²) in [6.45, 7) is 0.0808. The van der Waals surface area contributed by atoms with Gasteiger partial charge >= 0.3 is 0 Å². The predicted octanol–water partition coefficient (Wildman–Crippen LogP) is 1.33. The lowest BCUT2D eigenvalue weighted by Crippen LogP contribution is -2.39. The third-order valence-electron chi connectivity index (χ3n) is 2.80. The Morgan fingerprint density at radius 2 is 2.06 bits per heavy atom. The van der Waals surface area contributed by atoms with Gasteiger partial charge in [-0.25, -0.2) is 0 Å². The van der Waals surface area contributed by atoms with Gasteiger partial charge in [0.05, 0.1) is 12.1 Å². The third-order valence-corrected chi connectivity index (χ3v) is 3.19. The van der Waals surface area contributed by atoms with E-state index in [0.717, 1.165) is 12.8 Å². The Bertz CT molecular complexity index is 472. The molecule has 5 heteroatoms. The van der Waals surface area contributed by atoms with Crippen LogP contribution in [0.1, 0.15) is 23.2 Å². The van der Waals surface area contributed by atoms with Crippen molar-refractivity contribution in [2.45, 2.75) is 23.8 Å². The van der Waals surface area contributed by atoms with E-state index < -0.39 is 0 Å². The number of rotatable bonds is 4. The van der Waals surface area contributed by atoms with E-state index in [-0.39, 0.29) is 18.4 Å². The molecule has 18 heavy (non-hydrogen) atoms. The van der Waals surface area contributed by atoms with Crippen LogP contribution in [0.3, 0.4) is 0 Å². The van der Waals surface area contributed by atoms with Gasteiger partial charge in [-0.3, -0.25) is 9.59 Å². The summed E-state index contributed by atoms with van der Waals surface area (Å²) in [5.41, 5.74) is 0.516. The average Bonchev–Trinajstić information content (AvgIpc) is 3.12. The number of carbonyl (C=O) groups excluding carboxylic acids is 2. The molecule has 0 aromatic heterocycles. The smallest absolute Gasteiger partial charge is 0.255 e. The molecule has 1 fully saturated rings. The van der Waals surface area contributed by atoms with Crippen molar-refractivity contribution in [3.8, 4) is 0 Å². The second-order valence-corrected chi connectivity index (χ2v) is 5.00. The Morgan fingerprint density at radius 1 is 1.39 bits per heavy atom. The summed E-state index contributed by atoms with van der Waals surface area (Å²) in [5, 5.41) is 2.85. The molecule has 0 spiro atoms. The number of carbonyl (C=O) groups is 2. The number of amides is 2. The maximum absolute atomic E-state index is 12.1. The standard InChI is InChI=1S/C13H16N2O2S/c1-15(8-12(16)14-9-6-7-9)13(17)10-4-2-3-5-11(10)18/h2-5,9,18H,6-8H2,1H3,(H,14,16). The van der Waals surface area contributed by atoms with Crippen molar-refractivity contribution < 1.29 is 9.59 Å². The van der Waals surface area contributed by atoms with Crippen molar-refractivity contribution in [3.05, 3.63) is 29.8 Å². The molecule has 0 heterocycles. The molecule has 4 nitrogen and oxygen atoms in total. The first kappa shape index (κ1) is 13.0. The van der Waals surface area contributed by atoms with Crippen molar-refractivity contribution >= 4 is 24.4 Å². The monoisotopic (exact) mass is 264 g/mol. The average molecular weight is 264 g/mol. The minimum Gasteiger partial charge on any atom is -0.352 e. The zero-order chi connectivity index (χ0) is 13.1. The summed E-state index contributed by atoms with van der Waals surface area (Å²) < 4.78 is 0. The van der Waals surface area contributed by atoms with Crippen LogP contribution in [0, 0.1) is 0 Å². The maximum Gasteiger partial charge on any atom is 0.255 e. The van der Waals surface area contributed by atoms with E-state index in [2.05, 4.69) is 17.9 Å². The minimum absolute atomic E-state index is 0.0808. The van der Waals surface area contributed by atoms with Gasteiger partial charge in [0.1, 0.15) is 0 Å². The van der Waals surface area contributed by atoms with Gasteiger partial charge in [0.15, 0.2) is 0 Å². The largest absolute Gasteiger partial charge is 0.352 e. The van der Waals surface area contributed by atoms with Crippen LogP contribution >= 0.6 is 12.6 Å². The topological polar surface area (TPSA) is 49.4 Å². The lowest BCUT2D eigenvalue weighted by Gasteiger charge is -2.17. The summed E-state index contributed by atoms with van der Waals surface area (Å²) in [6, 6.07) is 7.39. The summed E-state index contributed by atoms with van der Waals surface area (Å²) in [4.78, 5) is 25.7. The predicted molar refractivity (Wildman–Crippen MR) is 71.8 cm³/mol. The summed E-state index contributed by atoms with van der Waals surface area (Å²) in [7, 11) is 1.62. The molecule has 0 saturated heterocycles. The molecule has 96 valence electrons. The Morgan fingerprint density at radius 3 is 2.67 bits per heavy atom. The van der Waals surface area contributed by atoms with Gasteiger partial charge in [-0.1, -0.05) is 12.1 Å². The van der Waals surface area contributed by atoms with E-state index in [1.165, 1.54) is 4.90 Å².